The average molecular weight is 270 g/mol. The maximum atomic E-state index is 12.8. The van der Waals surface area contributed by atoms with E-state index in [-0.39, 0.29) is 10.8 Å². The van der Waals surface area contributed by atoms with Crippen molar-refractivity contribution >= 4 is 15.8 Å². The molecule has 0 fully saturated rings. The summed E-state index contributed by atoms with van der Waals surface area (Å²) in [6.07, 6.45) is 2.80. The lowest BCUT2D eigenvalue weighted by Crippen LogP contribution is -2.14. The molecule has 2 rings (SSSR count). The quantitative estimate of drug-likeness (QED) is 0.848. The molecule has 0 unspecified atom stereocenters. The first-order valence-corrected chi connectivity index (χ1v) is 6.67. The van der Waals surface area contributed by atoms with Crippen LogP contribution in [0.2, 0.25) is 0 Å². The molecule has 0 aliphatic carbocycles. The molecule has 0 aromatic carbocycles. The fraction of sp³-hybridized carbons (Fsp3) is 0.200. The Morgan fingerprint density at radius 2 is 2.22 bits per heavy atom. The third kappa shape index (κ3) is 2.65. The van der Waals surface area contributed by atoms with Gasteiger partial charge in [-0.05, 0) is 19.1 Å². The number of imidazole rings is 1. The van der Waals surface area contributed by atoms with Crippen molar-refractivity contribution < 1.29 is 12.8 Å². The van der Waals surface area contributed by atoms with Crippen molar-refractivity contribution in [2.45, 2.75) is 18.5 Å². The number of hydrogen-bond acceptors (Lipinski definition) is 4. The number of aryl methyl sites for hydroxylation is 1. The molecule has 0 aliphatic heterocycles. The van der Waals surface area contributed by atoms with Gasteiger partial charge >= 0.3 is 0 Å². The minimum Gasteiger partial charge on any atom is -0.336 e. The number of nitrogens with one attached hydrogen (secondary N) is 1. The van der Waals surface area contributed by atoms with E-state index in [0.717, 1.165) is 6.07 Å². The minimum atomic E-state index is -3.83. The molecule has 0 aliphatic rings. The van der Waals surface area contributed by atoms with Crippen LogP contribution in [-0.2, 0) is 16.6 Å². The fourth-order valence-electron chi connectivity index (χ4n) is 1.31. The maximum Gasteiger partial charge on any atom is 0.282 e. The molecule has 2 aromatic rings. The monoisotopic (exact) mass is 270 g/mol. The van der Waals surface area contributed by atoms with E-state index in [1.54, 1.807) is 4.57 Å². The highest BCUT2D eigenvalue weighted by Gasteiger charge is 2.18. The van der Waals surface area contributed by atoms with E-state index in [4.69, 9.17) is 0 Å². The third-order valence-corrected chi connectivity index (χ3v) is 3.44. The summed E-state index contributed by atoms with van der Waals surface area (Å²) in [7, 11) is -3.83. The van der Waals surface area contributed by atoms with Gasteiger partial charge in [0.1, 0.15) is 5.82 Å². The standard InChI is InChI=1S/C10H11FN4O2S/c1-2-15-6-10(12-7-15)18(16,17)14-9-5-3-4-8(11)13-9/h3-7H,2H2,1H3,(H,13,14). The van der Waals surface area contributed by atoms with Crippen LogP contribution in [-0.4, -0.2) is 23.0 Å². The normalized spacial score (nSPS) is 11.4. The van der Waals surface area contributed by atoms with Crippen molar-refractivity contribution in [3.8, 4) is 0 Å². The van der Waals surface area contributed by atoms with Crippen LogP contribution >= 0.6 is 0 Å². The molecule has 0 spiro atoms. The molecule has 8 heteroatoms. The molecule has 0 saturated heterocycles. The molecular formula is C10H11FN4O2S. The van der Waals surface area contributed by atoms with Gasteiger partial charge < -0.3 is 4.57 Å². The van der Waals surface area contributed by atoms with Gasteiger partial charge in [-0.3, -0.25) is 4.72 Å². The van der Waals surface area contributed by atoms with Gasteiger partial charge in [0.15, 0.2) is 5.03 Å². The molecule has 2 aromatic heterocycles. The van der Waals surface area contributed by atoms with Crippen molar-refractivity contribution in [2.24, 2.45) is 0 Å². The van der Waals surface area contributed by atoms with Crippen LogP contribution in [0.4, 0.5) is 10.2 Å². The van der Waals surface area contributed by atoms with Crippen LogP contribution in [0.1, 0.15) is 6.92 Å². The van der Waals surface area contributed by atoms with Crippen LogP contribution < -0.4 is 4.72 Å². The summed E-state index contributed by atoms with van der Waals surface area (Å²) in [6, 6.07) is 3.85. The highest BCUT2D eigenvalue weighted by Crippen LogP contribution is 2.12. The summed E-state index contributed by atoms with van der Waals surface area (Å²) >= 11 is 0. The van der Waals surface area contributed by atoms with Gasteiger partial charge in [0, 0.05) is 12.7 Å². The lowest BCUT2D eigenvalue weighted by atomic mass is 10.5. The molecule has 0 saturated carbocycles. The smallest absolute Gasteiger partial charge is 0.282 e. The SMILES string of the molecule is CCn1cnc(S(=O)(=O)Nc2cccc(F)n2)c1. The summed E-state index contributed by atoms with van der Waals surface area (Å²) in [5.74, 6) is -0.838. The van der Waals surface area contributed by atoms with E-state index < -0.39 is 16.0 Å². The van der Waals surface area contributed by atoms with E-state index in [9.17, 15) is 12.8 Å². The molecule has 96 valence electrons. The van der Waals surface area contributed by atoms with Gasteiger partial charge in [-0.25, -0.2) is 9.97 Å². The van der Waals surface area contributed by atoms with Crippen LogP contribution in [0.25, 0.3) is 0 Å². The average Bonchev–Trinajstić information content (AvgIpc) is 2.77. The number of pyridine rings is 1. The molecule has 1 N–H and O–H groups in total. The Bertz CT molecular complexity index is 653. The Kier molecular flexibility index (Phi) is 3.28. The molecule has 0 radical (unpaired) electrons. The molecule has 18 heavy (non-hydrogen) atoms. The van der Waals surface area contributed by atoms with Crippen LogP contribution in [0.5, 0.6) is 0 Å². The van der Waals surface area contributed by atoms with Crippen LogP contribution in [0.3, 0.4) is 0 Å². The zero-order valence-electron chi connectivity index (χ0n) is 9.54. The van der Waals surface area contributed by atoms with Crippen molar-refractivity contribution in [1.29, 1.82) is 0 Å². The fourth-order valence-corrected chi connectivity index (χ4v) is 2.26. The van der Waals surface area contributed by atoms with Crippen molar-refractivity contribution in [3.63, 3.8) is 0 Å². The highest BCUT2D eigenvalue weighted by atomic mass is 32.2. The largest absolute Gasteiger partial charge is 0.336 e. The predicted molar refractivity (Wildman–Crippen MR) is 62.9 cm³/mol. The summed E-state index contributed by atoms with van der Waals surface area (Å²) in [5, 5.41) is -0.129. The zero-order valence-corrected chi connectivity index (χ0v) is 10.4. The number of rotatable bonds is 4. The molecule has 0 bridgehead atoms. The first-order chi connectivity index (χ1) is 8.51. The van der Waals surface area contributed by atoms with E-state index in [0.29, 0.717) is 6.54 Å². The Labute approximate surface area is 104 Å². The molecule has 0 atom stereocenters. The Balaban J connectivity index is 2.27. The topological polar surface area (TPSA) is 76.9 Å². The Morgan fingerprint density at radius 3 is 2.83 bits per heavy atom. The van der Waals surface area contributed by atoms with E-state index in [1.807, 2.05) is 6.92 Å². The molecule has 6 nitrogen and oxygen atoms in total. The maximum absolute atomic E-state index is 12.8. The van der Waals surface area contributed by atoms with E-state index in [1.165, 1.54) is 24.7 Å². The number of halogens is 1. The van der Waals surface area contributed by atoms with Gasteiger partial charge in [0.25, 0.3) is 10.0 Å². The minimum absolute atomic E-state index is 0.0824. The molecular weight excluding hydrogens is 259 g/mol. The second-order valence-electron chi connectivity index (χ2n) is 3.49. The zero-order chi connectivity index (χ0) is 13.2. The second-order valence-corrected chi connectivity index (χ2v) is 5.12. The number of hydrogen-bond donors (Lipinski definition) is 1. The lowest BCUT2D eigenvalue weighted by Gasteiger charge is -2.04. The van der Waals surface area contributed by atoms with Crippen molar-refractivity contribution in [1.82, 2.24) is 14.5 Å². The predicted octanol–water partition coefficient (Wildman–Crippen LogP) is 1.24. The number of sulfonamides is 1. The summed E-state index contributed by atoms with van der Waals surface area (Å²) in [4.78, 5) is 7.19. The van der Waals surface area contributed by atoms with Crippen LogP contribution in [0.15, 0.2) is 35.7 Å². The van der Waals surface area contributed by atoms with E-state index in [2.05, 4.69) is 14.7 Å². The van der Waals surface area contributed by atoms with Gasteiger partial charge in [-0.15, -0.1) is 0 Å². The first kappa shape index (κ1) is 12.5. The van der Waals surface area contributed by atoms with Gasteiger partial charge in [0.05, 0.1) is 6.33 Å². The summed E-state index contributed by atoms with van der Waals surface area (Å²) in [5.41, 5.74) is 0. The molecule has 2 heterocycles. The van der Waals surface area contributed by atoms with Crippen LogP contribution in [0, 0.1) is 5.95 Å². The number of anilines is 1. The molecule has 0 amide bonds. The highest BCUT2D eigenvalue weighted by molar-refractivity contribution is 7.92. The third-order valence-electron chi connectivity index (χ3n) is 2.20. The number of aromatic nitrogens is 3. The van der Waals surface area contributed by atoms with Crippen molar-refractivity contribution in [3.05, 3.63) is 36.7 Å². The summed E-state index contributed by atoms with van der Waals surface area (Å²) < 4.78 is 40.4. The lowest BCUT2D eigenvalue weighted by molar-refractivity contribution is 0.584. The van der Waals surface area contributed by atoms with Gasteiger partial charge in [-0.2, -0.15) is 12.8 Å². The second kappa shape index (κ2) is 4.73. The first-order valence-electron chi connectivity index (χ1n) is 5.18. The van der Waals surface area contributed by atoms with E-state index >= 15 is 0 Å². The van der Waals surface area contributed by atoms with Gasteiger partial charge in [0.2, 0.25) is 5.95 Å². The van der Waals surface area contributed by atoms with Crippen molar-refractivity contribution in [2.75, 3.05) is 4.72 Å². The Morgan fingerprint density at radius 1 is 1.44 bits per heavy atom. The Hall–Kier alpha value is -1.96. The summed E-state index contributed by atoms with van der Waals surface area (Å²) in [6.45, 7) is 2.47. The number of nitrogens with zero attached hydrogens (tertiary/aromatic N) is 3. The van der Waals surface area contributed by atoms with Gasteiger partial charge in [-0.1, -0.05) is 6.07 Å².